The molecule has 0 aliphatic heterocycles. The highest BCUT2D eigenvalue weighted by molar-refractivity contribution is 7.47. The van der Waals surface area contributed by atoms with Crippen molar-refractivity contribution in [3.63, 3.8) is 0 Å². The molecule has 0 saturated heterocycles. The Balaban J connectivity index is 5.51. The molecule has 0 fully saturated rings. The van der Waals surface area contributed by atoms with Gasteiger partial charge in [0, 0.05) is 12.8 Å². The Labute approximate surface area is 449 Å². The van der Waals surface area contributed by atoms with Crippen LogP contribution in [0.5, 0.6) is 0 Å². The Kier molecular flexibility index (Phi) is 49.7. The molecule has 0 bridgehead atoms. The number of allylic oxidation sites excluding steroid dienone is 17. The Morgan fingerprint density at radius 3 is 1.37 bits per heavy atom. The molecule has 10 heteroatoms. The number of unbranched alkanes of at least 4 members (excludes halogenated alkanes) is 19. The number of amides is 1. The minimum absolute atomic E-state index is 0.0202. The molecule has 0 radical (unpaired) electrons. The van der Waals surface area contributed by atoms with Gasteiger partial charge in [-0.25, -0.2) is 4.57 Å². The van der Waals surface area contributed by atoms with Crippen LogP contribution >= 0.6 is 7.82 Å². The van der Waals surface area contributed by atoms with Crippen molar-refractivity contribution in [1.82, 2.24) is 5.32 Å². The van der Waals surface area contributed by atoms with Gasteiger partial charge in [0.1, 0.15) is 19.3 Å². The number of nitrogens with one attached hydrogen (secondary N) is 1. The first-order valence-electron chi connectivity index (χ1n) is 29.2. The fraction of sp³-hybridized carbons (Fsp3) is 0.683. The monoisotopic (exact) mass is 1040 g/mol. The van der Waals surface area contributed by atoms with E-state index in [2.05, 4.69) is 123 Å². The summed E-state index contributed by atoms with van der Waals surface area (Å²) in [4.78, 5) is 37.6. The molecule has 0 aromatic heterocycles. The molecule has 73 heavy (non-hydrogen) atoms. The van der Waals surface area contributed by atoms with E-state index in [-0.39, 0.29) is 37.9 Å². The number of hydrogen-bond acceptors (Lipinski definition) is 6. The number of phosphoric ester groups is 1. The van der Waals surface area contributed by atoms with Crippen molar-refractivity contribution in [2.45, 2.75) is 238 Å². The van der Waals surface area contributed by atoms with Gasteiger partial charge in [-0.1, -0.05) is 214 Å². The predicted molar refractivity (Wildman–Crippen MR) is 313 cm³/mol. The molecule has 2 N–H and O–H groups in total. The van der Waals surface area contributed by atoms with Crippen LogP contribution in [-0.4, -0.2) is 74.3 Å². The van der Waals surface area contributed by atoms with Gasteiger partial charge in [0.15, 0.2) is 0 Å². The quantitative estimate of drug-likeness (QED) is 0.0205. The van der Waals surface area contributed by atoms with Gasteiger partial charge in [-0.15, -0.1) is 0 Å². The van der Waals surface area contributed by atoms with E-state index in [0.29, 0.717) is 23.9 Å². The van der Waals surface area contributed by atoms with E-state index >= 15 is 0 Å². The highest BCUT2D eigenvalue weighted by atomic mass is 31.2. The van der Waals surface area contributed by atoms with Crippen LogP contribution in [0.4, 0.5) is 0 Å². The first kappa shape index (κ1) is 69.7. The molecule has 0 saturated carbocycles. The van der Waals surface area contributed by atoms with Crippen molar-refractivity contribution in [1.29, 1.82) is 0 Å². The van der Waals surface area contributed by atoms with E-state index in [0.717, 1.165) is 96.3 Å². The number of ether oxygens (including phenoxy) is 1. The lowest BCUT2D eigenvalue weighted by atomic mass is 10.0. The van der Waals surface area contributed by atoms with Crippen LogP contribution in [0.2, 0.25) is 0 Å². The summed E-state index contributed by atoms with van der Waals surface area (Å²) in [6, 6.07) is -0.894. The number of carbonyl (C=O) groups excluding carboxylic acids is 2. The van der Waals surface area contributed by atoms with Gasteiger partial charge >= 0.3 is 13.8 Å². The molecule has 3 atom stereocenters. The summed E-state index contributed by atoms with van der Waals surface area (Å²) in [5.74, 6) is -0.606. The standard InChI is InChI=1S/C63H109N2O7P/c1-7-10-13-16-19-22-25-28-30-32-34-37-40-43-46-49-52-55-62(66)64-60(59-71-73(68,69)70-58-57-65(4,5)6)61(54-51-48-45-42-39-36-27-24-21-18-15-12-9-3)72-63(67)56-53-50-47-44-41-38-35-33-31-29-26-23-20-17-14-11-8-2/h10,13,19-20,22-23,28-31,34-35,37-38,43,46,51,54,60-61H,7-9,11-12,14-18,21,24-27,32-33,36,39-42,44-45,47-50,52-53,55-59H2,1-6H3,(H-,64,66,68,69)/p+1/b13-10-,22-19-,23-20-,30-28-,31-29-,37-34-,38-35-,46-43-,54-51+. The zero-order valence-electron chi connectivity index (χ0n) is 47.6. The smallest absolute Gasteiger partial charge is 0.456 e. The number of quaternary nitrogens is 1. The van der Waals surface area contributed by atoms with Crippen LogP contribution in [0.25, 0.3) is 0 Å². The van der Waals surface area contributed by atoms with Gasteiger partial charge in [0.25, 0.3) is 0 Å². The average Bonchev–Trinajstić information content (AvgIpc) is 3.35. The second kappa shape index (κ2) is 52.1. The van der Waals surface area contributed by atoms with Crippen LogP contribution in [0.3, 0.4) is 0 Å². The molecule has 0 aromatic carbocycles. The van der Waals surface area contributed by atoms with Crippen molar-refractivity contribution in [3.8, 4) is 0 Å². The topological polar surface area (TPSA) is 111 Å². The van der Waals surface area contributed by atoms with E-state index in [4.69, 9.17) is 13.8 Å². The molecule has 9 nitrogen and oxygen atoms in total. The Morgan fingerprint density at radius 1 is 0.493 bits per heavy atom. The van der Waals surface area contributed by atoms with E-state index in [1.165, 1.54) is 83.5 Å². The van der Waals surface area contributed by atoms with Crippen molar-refractivity contribution < 1.29 is 37.3 Å². The van der Waals surface area contributed by atoms with Gasteiger partial charge < -0.3 is 19.4 Å². The average molecular weight is 1040 g/mol. The number of rotatable bonds is 51. The SMILES string of the molecule is CC/C=C\C/C=C\C/C=C\C/C=C\C/C=C\CCCC(=O)NC(COP(=O)(O)OCC[N+](C)(C)C)C(/C=C/CCCCCCCCCCCCC)OC(=O)CCCCCC/C=C\C/C=C\C/C=C\CCCCC. The first-order chi connectivity index (χ1) is 35.4. The van der Waals surface area contributed by atoms with Crippen molar-refractivity contribution in [3.05, 3.63) is 109 Å². The molecule has 0 aliphatic rings. The molecule has 418 valence electrons. The maximum atomic E-state index is 13.5. The van der Waals surface area contributed by atoms with Gasteiger partial charge in [0.2, 0.25) is 5.91 Å². The van der Waals surface area contributed by atoms with E-state index < -0.39 is 20.0 Å². The number of carbonyl (C=O) groups is 2. The molecule has 0 aliphatic carbocycles. The molecule has 0 heterocycles. The Bertz CT molecular complexity index is 1620. The van der Waals surface area contributed by atoms with Gasteiger partial charge in [-0.2, -0.15) is 0 Å². The second-order valence-electron chi connectivity index (χ2n) is 20.4. The number of phosphoric acid groups is 1. The highest BCUT2D eigenvalue weighted by Gasteiger charge is 2.30. The second-order valence-corrected chi connectivity index (χ2v) is 21.9. The third kappa shape index (κ3) is 53.3. The molecule has 0 spiro atoms. The van der Waals surface area contributed by atoms with Gasteiger partial charge in [0.05, 0.1) is 33.8 Å². The third-order valence-electron chi connectivity index (χ3n) is 12.2. The lowest BCUT2D eigenvalue weighted by molar-refractivity contribution is -0.870. The van der Waals surface area contributed by atoms with Crippen LogP contribution < -0.4 is 5.32 Å². The zero-order valence-corrected chi connectivity index (χ0v) is 48.5. The lowest BCUT2D eigenvalue weighted by Crippen LogP contribution is -2.47. The summed E-state index contributed by atoms with van der Waals surface area (Å²) in [5, 5.41) is 3.01. The van der Waals surface area contributed by atoms with Crippen molar-refractivity contribution in [2.24, 2.45) is 0 Å². The molecular formula is C63H110N2O7P+. The highest BCUT2D eigenvalue weighted by Crippen LogP contribution is 2.43. The zero-order chi connectivity index (χ0) is 53.6. The van der Waals surface area contributed by atoms with Gasteiger partial charge in [-0.05, 0) is 109 Å². The largest absolute Gasteiger partial charge is 0.472 e. The first-order valence-corrected chi connectivity index (χ1v) is 30.7. The van der Waals surface area contributed by atoms with Gasteiger partial charge in [-0.3, -0.25) is 18.6 Å². The normalized spacial score (nSPS) is 14.6. The van der Waals surface area contributed by atoms with Crippen LogP contribution in [-0.2, 0) is 27.9 Å². The lowest BCUT2D eigenvalue weighted by Gasteiger charge is -2.27. The van der Waals surface area contributed by atoms with E-state index in [1.54, 1.807) is 0 Å². The van der Waals surface area contributed by atoms with Crippen molar-refractivity contribution in [2.75, 3.05) is 40.9 Å². The summed E-state index contributed by atoms with van der Waals surface area (Å²) in [6.07, 6.45) is 70.9. The summed E-state index contributed by atoms with van der Waals surface area (Å²) < 4.78 is 30.6. The minimum atomic E-state index is -4.47. The molecule has 3 unspecified atom stereocenters. The summed E-state index contributed by atoms with van der Waals surface area (Å²) >= 11 is 0. The molecule has 0 rings (SSSR count). The fourth-order valence-electron chi connectivity index (χ4n) is 7.69. The van der Waals surface area contributed by atoms with E-state index in [1.807, 2.05) is 33.3 Å². The number of esters is 1. The Hall–Kier alpha value is -3.33. The summed E-state index contributed by atoms with van der Waals surface area (Å²) in [6.45, 7) is 6.79. The number of likely N-dealkylation sites (N-methyl/N-ethyl adjacent to an activating group) is 1. The van der Waals surface area contributed by atoms with Crippen LogP contribution in [0.1, 0.15) is 226 Å². The van der Waals surface area contributed by atoms with Crippen LogP contribution in [0, 0.1) is 0 Å². The molecular weight excluding hydrogens is 928 g/mol. The molecule has 0 aromatic rings. The summed E-state index contributed by atoms with van der Waals surface area (Å²) in [7, 11) is 1.43. The Morgan fingerprint density at radius 2 is 0.890 bits per heavy atom. The van der Waals surface area contributed by atoms with Crippen LogP contribution in [0.15, 0.2) is 109 Å². The third-order valence-corrected chi connectivity index (χ3v) is 13.2. The maximum Gasteiger partial charge on any atom is 0.472 e. The number of hydrogen-bond donors (Lipinski definition) is 2. The fourth-order valence-corrected chi connectivity index (χ4v) is 8.42. The van der Waals surface area contributed by atoms with Crippen molar-refractivity contribution >= 4 is 19.7 Å². The number of nitrogens with zero attached hydrogens (tertiary/aromatic N) is 1. The van der Waals surface area contributed by atoms with E-state index in [9.17, 15) is 19.0 Å². The molecule has 1 amide bonds. The minimum Gasteiger partial charge on any atom is -0.456 e. The summed E-state index contributed by atoms with van der Waals surface area (Å²) in [5.41, 5.74) is 0. The predicted octanol–water partition coefficient (Wildman–Crippen LogP) is 17.8. The maximum absolute atomic E-state index is 13.5.